The molecule has 0 aromatic heterocycles. The van der Waals surface area contributed by atoms with Crippen molar-refractivity contribution in [3.63, 3.8) is 0 Å². The van der Waals surface area contributed by atoms with Crippen LogP contribution in [0.3, 0.4) is 0 Å². The number of carbonyl (C=O) groups is 1. The van der Waals surface area contributed by atoms with Crippen molar-refractivity contribution in [2.45, 2.75) is 25.0 Å². The Morgan fingerprint density at radius 1 is 1.13 bits per heavy atom. The van der Waals surface area contributed by atoms with E-state index in [0.29, 0.717) is 15.8 Å². The van der Waals surface area contributed by atoms with Gasteiger partial charge in [-0.1, -0.05) is 72.5 Å². The zero-order valence-corrected chi connectivity index (χ0v) is 18.0. The topological polar surface area (TPSA) is 38.8 Å². The third-order valence-electron chi connectivity index (χ3n) is 5.47. The Balaban J connectivity index is 1.47. The molecule has 0 aliphatic carbocycles. The van der Waals surface area contributed by atoms with Crippen LogP contribution in [0.2, 0.25) is 0 Å². The monoisotopic (exact) mass is 435 g/mol. The molecule has 152 valence electrons. The molecule has 0 N–H and O–H groups in total. The van der Waals surface area contributed by atoms with E-state index in [1.807, 2.05) is 60.7 Å². The lowest BCUT2D eigenvalue weighted by Gasteiger charge is -2.26. The fourth-order valence-corrected chi connectivity index (χ4v) is 5.24. The predicted molar refractivity (Wildman–Crippen MR) is 123 cm³/mol. The van der Waals surface area contributed by atoms with Crippen LogP contribution < -0.4 is 4.74 Å². The number of rotatable bonds is 4. The number of para-hydroxylation sites is 1. The third kappa shape index (κ3) is 3.83. The van der Waals surface area contributed by atoms with Gasteiger partial charge in [0.15, 0.2) is 0 Å². The average molecular weight is 436 g/mol. The summed E-state index contributed by atoms with van der Waals surface area (Å²) in [6, 6.07) is 18.0. The second kappa shape index (κ2) is 8.38. The van der Waals surface area contributed by atoms with E-state index in [-0.39, 0.29) is 18.1 Å². The second-order valence-corrected chi connectivity index (χ2v) is 9.19. The van der Waals surface area contributed by atoms with Crippen molar-refractivity contribution in [2.75, 3.05) is 13.2 Å². The number of thiocarbonyl (C=S) groups is 1. The highest BCUT2D eigenvalue weighted by molar-refractivity contribution is 8.26. The summed E-state index contributed by atoms with van der Waals surface area (Å²) in [4.78, 5) is 15.4. The van der Waals surface area contributed by atoms with Gasteiger partial charge in [-0.15, -0.1) is 0 Å². The van der Waals surface area contributed by atoms with Crippen LogP contribution in [0.15, 0.2) is 71.2 Å². The maximum absolute atomic E-state index is 13.1. The van der Waals surface area contributed by atoms with E-state index in [9.17, 15) is 4.79 Å². The summed E-state index contributed by atoms with van der Waals surface area (Å²) < 4.78 is 12.6. The number of hydrogen-bond donors (Lipinski definition) is 0. The van der Waals surface area contributed by atoms with Crippen LogP contribution in [0, 0.1) is 0 Å². The molecular weight excluding hydrogens is 414 g/mol. The number of ether oxygens (including phenoxy) is 2. The molecule has 2 fully saturated rings. The summed E-state index contributed by atoms with van der Waals surface area (Å²) >= 11 is 6.86. The van der Waals surface area contributed by atoms with Gasteiger partial charge in [-0.2, -0.15) is 0 Å². The summed E-state index contributed by atoms with van der Waals surface area (Å²) in [5.41, 5.74) is 2.99. The molecule has 30 heavy (non-hydrogen) atoms. The molecule has 0 saturated carbocycles. The first-order valence-electron chi connectivity index (χ1n) is 10.1. The molecule has 3 aliphatic rings. The summed E-state index contributed by atoms with van der Waals surface area (Å²) in [7, 11) is 0. The molecule has 0 bridgehead atoms. The van der Waals surface area contributed by atoms with Gasteiger partial charge in [-0.05, 0) is 42.2 Å². The molecule has 4 nitrogen and oxygen atoms in total. The number of nitrogens with zero attached hydrogens (tertiary/aromatic N) is 1. The molecule has 1 amide bonds. The molecule has 2 aromatic rings. The van der Waals surface area contributed by atoms with Gasteiger partial charge in [0, 0.05) is 12.2 Å². The number of fused-ring (bicyclic) bond motifs is 1. The zero-order chi connectivity index (χ0) is 20.5. The van der Waals surface area contributed by atoms with Gasteiger partial charge in [0.25, 0.3) is 5.91 Å². The van der Waals surface area contributed by atoms with E-state index in [0.717, 1.165) is 41.9 Å². The van der Waals surface area contributed by atoms with Crippen LogP contribution in [-0.2, 0) is 9.53 Å². The first-order chi connectivity index (χ1) is 14.7. The van der Waals surface area contributed by atoms with Gasteiger partial charge in [0.2, 0.25) is 0 Å². The molecule has 2 saturated heterocycles. The molecule has 3 heterocycles. The Morgan fingerprint density at radius 2 is 1.93 bits per heavy atom. The lowest BCUT2D eigenvalue weighted by Crippen LogP contribution is -2.35. The molecule has 3 aliphatic heterocycles. The van der Waals surface area contributed by atoms with Crippen LogP contribution in [-0.4, -0.2) is 34.4 Å². The predicted octanol–water partition coefficient (Wildman–Crippen LogP) is 5.13. The summed E-state index contributed by atoms with van der Waals surface area (Å²) in [5.74, 6) is 0.793. The van der Waals surface area contributed by atoms with E-state index >= 15 is 0 Å². The number of amides is 1. The Hall–Kier alpha value is -2.41. The first kappa shape index (κ1) is 19.5. The summed E-state index contributed by atoms with van der Waals surface area (Å²) in [6.45, 7) is 1.29. The summed E-state index contributed by atoms with van der Waals surface area (Å²) in [6.07, 6.45) is 5.85. The highest BCUT2D eigenvalue weighted by atomic mass is 32.2. The third-order valence-corrected chi connectivity index (χ3v) is 6.85. The lowest BCUT2D eigenvalue weighted by atomic mass is 9.95. The van der Waals surface area contributed by atoms with Crippen molar-refractivity contribution in [3.05, 3.63) is 82.3 Å². The van der Waals surface area contributed by atoms with Crippen molar-refractivity contribution in [1.82, 2.24) is 4.90 Å². The average Bonchev–Trinajstić information content (AvgIpc) is 3.38. The quantitative estimate of drug-likeness (QED) is 0.492. The van der Waals surface area contributed by atoms with Crippen molar-refractivity contribution < 1.29 is 14.3 Å². The highest BCUT2D eigenvalue weighted by Gasteiger charge is 2.35. The van der Waals surface area contributed by atoms with E-state index in [1.165, 1.54) is 11.8 Å². The van der Waals surface area contributed by atoms with Crippen LogP contribution >= 0.6 is 24.0 Å². The molecule has 0 radical (unpaired) electrons. The molecule has 0 spiro atoms. The Kier molecular flexibility index (Phi) is 5.46. The molecule has 2 aromatic carbocycles. The van der Waals surface area contributed by atoms with E-state index in [1.54, 1.807) is 4.90 Å². The van der Waals surface area contributed by atoms with Crippen LogP contribution in [0.5, 0.6) is 5.75 Å². The molecular formula is C24H21NO3S2. The van der Waals surface area contributed by atoms with Crippen LogP contribution in [0.1, 0.15) is 30.1 Å². The number of thioether (sulfide) groups is 1. The molecule has 6 heteroatoms. The Labute approximate surface area is 185 Å². The van der Waals surface area contributed by atoms with Gasteiger partial charge in [-0.25, -0.2) is 0 Å². The van der Waals surface area contributed by atoms with Gasteiger partial charge in [0.1, 0.15) is 16.2 Å². The minimum Gasteiger partial charge on any atom is -0.480 e. The van der Waals surface area contributed by atoms with Crippen LogP contribution in [0.4, 0.5) is 0 Å². The molecule has 2 atom stereocenters. The van der Waals surface area contributed by atoms with Crippen molar-refractivity contribution in [2.24, 2.45) is 0 Å². The van der Waals surface area contributed by atoms with E-state index < -0.39 is 0 Å². The highest BCUT2D eigenvalue weighted by Crippen LogP contribution is 2.41. The van der Waals surface area contributed by atoms with Crippen molar-refractivity contribution in [1.29, 1.82) is 0 Å². The van der Waals surface area contributed by atoms with E-state index in [4.69, 9.17) is 21.7 Å². The molecule has 0 unspecified atom stereocenters. The van der Waals surface area contributed by atoms with E-state index in [2.05, 4.69) is 6.08 Å². The Bertz CT molecular complexity index is 1040. The Morgan fingerprint density at radius 3 is 2.73 bits per heavy atom. The van der Waals surface area contributed by atoms with Crippen molar-refractivity contribution in [3.8, 4) is 5.75 Å². The maximum atomic E-state index is 13.1. The van der Waals surface area contributed by atoms with Gasteiger partial charge >= 0.3 is 0 Å². The maximum Gasteiger partial charge on any atom is 0.266 e. The molecule has 5 rings (SSSR count). The number of benzene rings is 2. The lowest BCUT2D eigenvalue weighted by molar-refractivity contribution is -0.123. The van der Waals surface area contributed by atoms with Crippen LogP contribution in [0.25, 0.3) is 6.08 Å². The summed E-state index contributed by atoms with van der Waals surface area (Å²) in [5, 5.41) is 0. The van der Waals surface area contributed by atoms with Crippen molar-refractivity contribution >= 4 is 40.3 Å². The largest absolute Gasteiger partial charge is 0.480 e. The minimum absolute atomic E-state index is 0.0490. The van der Waals surface area contributed by atoms with Gasteiger partial charge in [0.05, 0.1) is 17.6 Å². The zero-order valence-electron chi connectivity index (χ0n) is 16.3. The first-order valence-corrected chi connectivity index (χ1v) is 11.3. The minimum atomic E-state index is -0.275. The standard InChI is InChI=1S/C24H21NO3S2/c26-23-21(30-24(29)25(23)15-19-10-6-12-27-19)14-18-13-17-9-4-5-11-20(17)28-22(18)16-7-2-1-3-8-16/h1-5,7-9,11,13-14,19,22H,6,10,12,15H2/b21-14-/t19-,22-/m0/s1. The SMILES string of the molecule is O=C1/C(=C/C2=Cc3ccccc3O[C@H]2c2ccccc2)SC(=S)N1C[C@@H]1CCCO1. The fourth-order valence-electron chi connectivity index (χ4n) is 3.96. The number of hydrogen-bond acceptors (Lipinski definition) is 5. The van der Waals surface area contributed by atoms with Gasteiger partial charge in [-0.3, -0.25) is 9.69 Å². The fraction of sp³-hybridized carbons (Fsp3) is 0.250. The van der Waals surface area contributed by atoms with Gasteiger partial charge < -0.3 is 9.47 Å². The second-order valence-electron chi connectivity index (χ2n) is 7.52. The normalized spacial score (nSPS) is 24.7. The smallest absolute Gasteiger partial charge is 0.266 e. The number of carbonyl (C=O) groups excluding carboxylic acids is 1.